The number of rotatable bonds is 7. The molecule has 76 valence electrons. The second kappa shape index (κ2) is 7.84. The van der Waals surface area contributed by atoms with Gasteiger partial charge in [-0.1, -0.05) is 25.8 Å². The molecule has 0 unspecified atom stereocenters. The van der Waals surface area contributed by atoms with Gasteiger partial charge in [-0.3, -0.25) is 4.79 Å². The highest BCUT2D eigenvalue weighted by molar-refractivity contribution is 5.72. The van der Waals surface area contributed by atoms with Crippen molar-refractivity contribution in [3.8, 4) is 0 Å². The van der Waals surface area contributed by atoms with Gasteiger partial charge in [-0.25, -0.2) is 0 Å². The van der Waals surface area contributed by atoms with Crippen LogP contribution < -0.4 is 0 Å². The van der Waals surface area contributed by atoms with Crippen LogP contribution in [-0.2, 0) is 9.53 Å². The van der Waals surface area contributed by atoms with Crippen LogP contribution in [0.25, 0.3) is 0 Å². The summed E-state index contributed by atoms with van der Waals surface area (Å²) in [4.78, 5) is 11.4. The average Bonchev–Trinajstić information content (AvgIpc) is 2.12. The Morgan fingerprint density at radius 1 is 1.54 bits per heavy atom. The van der Waals surface area contributed by atoms with Crippen molar-refractivity contribution in [3.63, 3.8) is 0 Å². The first kappa shape index (κ1) is 12.2. The van der Waals surface area contributed by atoms with Gasteiger partial charge in [0.25, 0.3) is 0 Å². The maximum Gasteiger partial charge on any atom is 0.309 e. The molecule has 0 aromatic heterocycles. The van der Waals surface area contributed by atoms with Gasteiger partial charge < -0.3 is 4.74 Å². The molecule has 0 bridgehead atoms. The van der Waals surface area contributed by atoms with Gasteiger partial charge in [-0.05, 0) is 19.8 Å². The van der Waals surface area contributed by atoms with Gasteiger partial charge in [0.1, 0.15) is 0 Å². The zero-order chi connectivity index (χ0) is 10.1. The minimum atomic E-state index is -0.0733. The summed E-state index contributed by atoms with van der Waals surface area (Å²) >= 11 is 0. The quantitative estimate of drug-likeness (QED) is 0.449. The number of hydrogen-bond acceptors (Lipinski definition) is 2. The summed E-state index contributed by atoms with van der Waals surface area (Å²) in [6.45, 7) is 8.07. The molecule has 0 radical (unpaired) electrons. The molecule has 0 rings (SSSR count). The zero-order valence-corrected chi connectivity index (χ0v) is 8.71. The fourth-order valence-corrected chi connectivity index (χ4v) is 1.24. The Kier molecular flexibility index (Phi) is 7.36. The molecule has 0 saturated heterocycles. The third-order valence-corrected chi connectivity index (χ3v) is 1.98. The van der Waals surface area contributed by atoms with Crippen molar-refractivity contribution in [1.29, 1.82) is 0 Å². The Labute approximate surface area is 81.0 Å². The maximum atomic E-state index is 11.4. The first-order valence-corrected chi connectivity index (χ1v) is 5.03. The van der Waals surface area contributed by atoms with E-state index in [1.54, 1.807) is 6.08 Å². The Bertz CT molecular complexity index is 152. The molecule has 13 heavy (non-hydrogen) atoms. The number of unbranched alkanes of at least 4 members (excludes halogenated alkanes) is 1. The van der Waals surface area contributed by atoms with Crippen LogP contribution in [0.5, 0.6) is 0 Å². The van der Waals surface area contributed by atoms with Gasteiger partial charge in [0.2, 0.25) is 0 Å². The summed E-state index contributed by atoms with van der Waals surface area (Å²) in [5.41, 5.74) is 0. The second-order valence-corrected chi connectivity index (χ2v) is 3.12. The third kappa shape index (κ3) is 5.45. The standard InChI is InChI=1S/C11H20O2/c1-4-7-9-10(8-5-2)11(12)13-6-3/h5,10H,2,4,6-9H2,1,3H3/t10-/m1/s1. The van der Waals surface area contributed by atoms with E-state index in [2.05, 4.69) is 13.5 Å². The van der Waals surface area contributed by atoms with Crippen molar-refractivity contribution in [1.82, 2.24) is 0 Å². The normalized spacial score (nSPS) is 12.2. The van der Waals surface area contributed by atoms with E-state index >= 15 is 0 Å². The van der Waals surface area contributed by atoms with Crippen molar-refractivity contribution in [2.24, 2.45) is 5.92 Å². The van der Waals surface area contributed by atoms with Crippen LogP contribution >= 0.6 is 0 Å². The Morgan fingerprint density at radius 3 is 2.69 bits per heavy atom. The van der Waals surface area contributed by atoms with Crippen molar-refractivity contribution < 1.29 is 9.53 Å². The summed E-state index contributed by atoms with van der Waals surface area (Å²) in [5, 5.41) is 0. The molecule has 0 amide bonds. The number of ether oxygens (including phenoxy) is 1. The van der Waals surface area contributed by atoms with Crippen molar-refractivity contribution in [2.45, 2.75) is 39.5 Å². The number of carbonyl (C=O) groups excluding carboxylic acids is 1. The lowest BCUT2D eigenvalue weighted by Crippen LogP contribution is -2.17. The van der Waals surface area contributed by atoms with E-state index in [1.165, 1.54) is 0 Å². The first-order valence-electron chi connectivity index (χ1n) is 5.03. The summed E-state index contributed by atoms with van der Waals surface area (Å²) in [6.07, 6.45) is 5.64. The van der Waals surface area contributed by atoms with E-state index in [0.717, 1.165) is 25.7 Å². The van der Waals surface area contributed by atoms with Crippen LogP contribution in [0.1, 0.15) is 39.5 Å². The largest absolute Gasteiger partial charge is 0.466 e. The van der Waals surface area contributed by atoms with Crippen molar-refractivity contribution in [2.75, 3.05) is 6.61 Å². The number of carbonyl (C=O) groups is 1. The number of hydrogen-bond donors (Lipinski definition) is 0. The lowest BCUT2D eigenvalue weighted by molar-refractivity contribution is -0.148. The third-order valence-electron chi connectivity index (χ3n) is 1.98. The molecule has 0 spiro atoms. The molecule has 2 heteroatoms. The van der Waals surface area contributed by atoms with Crippen LogP contribution in [0.2, 0.25) is 0 Å². The number of allylic oxidation sites excluding steroid dienone is 1. The van der Waals surface area contributed by atoms with E-state index < -0.39 is 0 Å². The van der Waals surface area contributed by atoms with Crippen LogP contribution in [0.3, 0.4) is 0 Å². The lowest BCUT2D eigenvalue weighted by Gasteiger charge is -2.12. The average molecular weight is 184 g/mol. The molecule has 0 aliphatic heterocycles. The smallest absolute Gasteiger partial charge is 0.309 e. The van der Waals surface area contributed by atoms with E-state index in [1.807, 2.05) is 6.92 Å². The molecular weight excluding hydrogens is 164 g/mol. The highest BCUT2D eigenvalue weighted by atomic mass is 16.5. The molecule has 0 aromatic carbocycles. The van der Waals surface area contributed by atoms with Gasteiger partial charge in [-0.2, -0.15) is 0 Å². The molecule has 0 aromatic rings. The zero-order valence-electron chi connectivity index (χ0n) is 8.71. The molecule has 0 N–H and O–H groups in total. The summed E-state index contributed by atoms with van der Waals surface area (Å²) in [5.74, 6) is -0.0479. The summed E-state index contributed by atoms with van der Waals surface area (Å²) in [7, 11) is 0. The Morgan fingerprint density at radius 2 is 2.23 bits per heavy atom. The second-order valence-electron chi connectivity index (χ2n) is 3.12. The summed E-state index contributed by atoms with van der Waals surface area (Å²) in [6, 6.07) is 0. The Balaban J connectivity index is 3.90. The highest BCUT2D eigenvalue weighted by Crippen LogP contribution is 2.14. The topological polar surface area (TPSA) is 26.3 Å². The molecule has 0 saturated carbocycles. The first-order chi connectivity index (χ1) is 6.26. The predicted octanol–water partition coefficient (Wildman–Crippen LogP) is 2.93. The minimum absolute atomic E-state index is 0.0254. The van der Waals surface area contributed by atoms with Crippen molar-refractivity contribution in [3.05, 3.63) is 12.7 Å². The molecule has 0 fully saturated rings. The van der Waals surface area contributed by atoms with Crippen LogP contribution in [0, 0.1) is 5.92 Å². The van der Waals surface area contributed by atoms with E-state index in [-0.39, 0.29) is 11.9 Å². The minimum Gasteiger partial charge on any atom is -0.466 e. The summed E-state index contributed by atoms with van der Waals surface area (Å²) < 4.78 is 4.97. The van der Waals surface area contributed by atoms with E-state index in [9.17, 15) is 4.79 Å². The number of esters is 1. The maximum absolute atomic E-state index is 11.4. The SMILES string of the molecule is C=CC[C@H](CCCC)C(=O)OCC. The molecule has 0 heterocycles. The fourth-order valence-electron chi connectivity index (χ4n) is 1.24. The van der Waals surface area contributed by atoms with Crippen LogP contribution in [0.15, 0.2) is 12.7 Å². The van der Waals surface area contributed by atoms with E-state index in [4.69, 9.17) is 4.74 Å². The molecular formula is C11H20O2. The molecule has 2 nitrogen and oxygen atoms in total. The lowest BCUT2D eigenvalue weighted by atomic mass is 9.99. The van der Waals surface area contributed by atoms with Crippen LogP contribution in [-0.4, -0.2) is 12.6 Å². The van der Waals surface area contributed by atoms with E-state index in [0.29, 0.717) is 6.61 Å². The predicted molar refractivity (Wildman–Crippen MR) is 54.5 cm³/mol. The van der Waals surface area contributed by atoms with Gasteiger partial charge >= 0.3 is 5.97 Å². The highest BCUT2D eigenvalue weighted by Gasteiger charge is 2.16. The van der Waals surface area contributed by atoms with Gasteiger partial charge in [0.15, 0.2) is 0 Å². The Hall–Kier alpha value is -0.790. The van der Waals surface area contributed by atoms with Gasteiger partial charge in [0, 0.05) is 0 Å². The van der Waals surface area contributed by atoms with Gasteiger partial charge in [0.05, 0.1) is 12.5 Å². The molecule has 0 aliphatic carbocycles. The molecule has 0 aliphatic rings. The van der Waals surface area contributed by atoms with Crippen LogP contribution in [0.4, 0.5) is 0 Å². The fraction of sp³-hybridized carbons (Fsp3) is 0.727. The van der Waals surface area contributed by atoms with Crippen molar-refractivity contribution >= 4 is 5.97 Å². The molecule has 1 atom stereocenters. The monoisotopic (exact) mass is 184 g/mol. The van der Waals surface area contributed by atoms with Gasteiger partial charge in [-0.15, -0.1) is 6.58 Å².